The average Bonchev–Trinajstić information content (AvgIpc) is 2.26. The van der Waals surface area contributed by atoms with E-state index in [-0.39, 0.29) is 29.7 Å². The number of hydrogen-bond acceptors (Lipinski definition) is 4. The minimum atomic E-state index is -0.118. The molecule has 1 heterocycles. The lowest BCUT2D eigenvalue weighted by Crippen LogP contribution is -2.62. The summed E-state index contributed by atoms with van der Waals surface area (Å²) in [6.07, 6.45) is 1.86. The molecule has 1 fully saturated rings. The zero-order valence-corrected chi connectivity index (χ0v) is 11.6. The first-order valence-electron chi connectivity index (χ1n) is 6.57. The van der Waals surface area contributed by atoms with Gasteiger partial charge >= 0.3 is 0 Å². The number of aliphatic hydroxyl groups is 1. The van der Waals surface area contributed by atoms with Crippen LogP contribution in [0.3, 0.4) is 0 Å². The molecule has 0 aliphatic carbocycles. The lowest BCUT2D eigenvalue weighted by Gasteiger charge is -2.47. The van der Waals surface area contributed by atoms with Gasteiger partial charge in [-0.05, 0) is 39.5 Å². The van der Waals surface area contributed by atoms with Crippen LogP contribution >= 0.6 is 0 Å². The summed E-state index contributed by atoms with van der Waals surface area (Å²) in [6.45, 7) is 9.94. The first kappa shape index (κ1) is 14.9. The average molecular weight is 244 g/mol. The molecule has 1 aliphatic heterocycles. The number of rotatable bonds is 5. The SMILES string of the molecule is CC(CO)C(C)NC1(CN)CCOC(C)(C)C1. The third-order valence-electron chi connectivity index (χ3n) is 3.90. The fourth-order valence-electron chi connectivity index (χ4n) is 2.62. The van der Waals surface area contributed by atoms with Gasteiger partial charge in [0.05, 0.1) is 5.60 Å². The van der Waals surface area contributed by atoms with Crippen LogP contribution in [0.1, 0.15) is 40.5 Å². The normalized spacial score (nSPS) is 32.1. The highest BCUT2D eigenvalue weighted by Gasteiger charge is 2.40. The molecular formula is C13H28N2O2. The van der Waals surface area contributed by atoms with Crippen molar-refractivity contribution in [2.24, 2.45) is 11.7 Å². The van der Waals surface area contributed by atoms with Gasteiger partial charge < -0.3 is 20.9 Å². The first-order valence-corrected chi connectivity index (χ1v) is 6.57. The third-order valence-corrected chi connectivity index (χ3v) is 3.90. The summed E-state index contributed by atoms with van der Waals surface area (Å²) in [5.74, 6) is 0.240. The van der Waals surface area contributed by atoms with Gasteiger partial charge in [-0.25, -0.2) is 0 Å². The first-order chi connectivity index (χ1) is 7.84. The van der Waals surface area contributed by atoms with E-state index >= 15 is 0 Å². The van der Waals surface area contributed by atoms with E-state index < -0.39 is 0 Å². The van der Waals surface area contributed by atoms with E-state index in [2.05, 4.69) is 26.1 Å². The Morgan fingerprint density at radius 2 is 2.06 bits per heavy atom. The van der Waals surface area contributed by atoms with Gasteiger partial charge in [-0.1, -0.05) is 6.92 Å². The smallest absolute Gasteiger partial charge is 0.0644 e. The molecule has 0 bridgehead atoms. The molecule has 0 saturated carbocycles. The van der Waals surface area contributed by atoms with Crippen molar-refractivity contribution in [3.05, 3.63) is 0 Å². The summed E-state index contributed by atoms with van der Waals surface area (Å²) in [7, 11) is 0. The third kappa shape index (κ3) is 3.91. The van der Waals surface area contributed by atoms with Crippen molar-refractivity contribution in [1.82, 2.24) is 5.32 Å². The zero-order valence-electron chi connectivity index (χ0n) is 11.6. The minimum Gasteiger partial charge on any atom is -0.396 e. The molecule has 4 nitrogen and oxygen atoms in total. The molecule has 1 saturated heterocycles. The topological polar surface area (TPSA) is 67.5 Å². The van der Waals surface area contributed by atoms with Crippen LogP contribution in [0.4, 0.5) is 0 Å². The van der Waals surface area contributed by atoms with Gasteiger partial charge in [0.1, 0.15) is 0 Å². The Hall–Kier alpha value is -0.160. The van der Waals surface area contributed by atoms with Gasteiger partial charge in [0.2, 0.25) is 0 Å². The molecule has 1 aliphatic rings. The summed E-state index contributed by atoms with van der Waals surface area (Å²) < 4.78 is 5.75. The Bertz CT molecular complexity index is 246. The van der Waals surface area contributed by atoms with Crippen molar-refractivity contribution < 1.29 is 9.84 Å². The van der Waals surface area contributed by atoms with Gasteiger partial charge in [0.25, 0.3) is 0 Å². The molecule has 0 aromatic carbocycles. The number of nitrogens with two attached hydrogens (primary N) is 1. The fraction of sp³-hybridized carbons (Fsp3) is 1.00. The highest BCUT2D eigenvalue weighted by Crippen LogP contribution is 2.32. The van der Waals surface area contributed by atoms with Crippen molar-refractivity contribution in [2.45, 2.75) is 57.7 Å². The van der Waals surface area contributed by atoms with E-state index in [4.69, 9.17) is 10.5 Å². The predicted octanol–water partition coefficient (Wildman–Crippen LogP) is 0.879. The molecule has 3 unspecified atom stereocenters. The predicted molar refractivity (Wildman–Crippen MR) is 69.9 cm³/mol. The molecule has 0 radical (unpaired) electrons. The van der Waals surface area contributed by atoms with Crippen molar-refractivity contribution in [2.75, 3.05) is 19.8 Å². The van der Waals surface area contributed by atoms with Crippen LogP contribution in [-0.4, -0.2) is 42.0 Å². The van der Waals surface area contributed by atoms with Gasteiger partial charge in [-0.3, -0.25) is 0 Å². The van der Waals surface area contributed by atoms with Gasteiger partial charge in [-0.2, -0.15) is 0 Å². The molecule has 0 spiro atoms. The standard InChI is InChI=1S/C13H28N2O2/c1-10(7-16)11(2)15-13(9-14)5-6-17-12(3,4)8-13/h10-11,15-16H,5-9,14H2,1-4H3. The molecule has 1 rings (SSSR count). The van der Waals surface area contributed by atoms with Crippen LogP contribution in [-0.2, 0) is 4.74 Å². The number of ether oxygens (including phenoxy) is 1. The Morgan fingerprint density at radius 3 is 2.53 bits per heavy atom. The molecular weight excluding hydrogens is 216 g/mol. The van der Waals surface area contributed by atoms with Crippen LogP contribution in [0.5, 0.6) is 0 Å². The van der Waals surface area contributed by atoms with E-state index in [1.54, 1.807) is 0 Å². The quantitative estimate of drug-likeness (QED) is 0.671. The van der Waals surface area contributed by atoms with Gasteiger partial charge in [0, 0.05) is 31.3 Å². The maximum absolute atomic E-state index is 9.20. The molecule has 4 N–H and O–H groups in total. The van der Waals surface area contributed by atoms with Crippen LogP contribution in [0.25, 0.3) is 0 Å². The number of hydrogen-bond donors (Lipinski definition) is 3. The van der Waals surface area contributed by atoms with Crippen LogP contribution < -0.4 is 11.1 Å². The van der Waals surface area contributed by atoms with E-state index in [0.717, 1.165) is 19.4 Å². The lowest BCUT2D eigenvalue weighted by molar-refractivity contribution is -0.0888. The van der Waals surface area contributed by atoms with Crippen molar-refractivity contribution in [3.8, 4) is 0 Å². The lowest BCUT2D eigenvalue weighted by atomic mass is 9.80. The number of nitrogens with one attached hydrogen (secondary N) is 1. The highest BCUT2D eigenvalue weighted by atomic mass is 16.5. The van der Waals surface area contributed by atoms with Gasteiger partial charge in [-0.15, -0.1) is 0 Å². The van der Waals surface area contributed by atoms with Crippen molar-refractivity contribution >= 4 is 0 Å². The monoisotopic (exact) mass is 244 g/mol. The van der Waals surface area contributed by atoms with Crippen LogP contribution in [0, 0.1) is 5.92 Å². The molecule has 0 amide bonds. The maximum atomic E-state index is 9.20. The largest absolute Gasteiger partial charge is 0.396 e. The number of aliphatic hydroxyl groups excluding tert-OH is 1. The second kappa shape index (κ2) is 5.65. The Labute approximate surface area is 105 Å². The summed E-state index contributed by atoms with van der Waals surface area (Å²) in [6, 6.07) is 0.262. The van der Waals surface area contributed by atoms with Crippen LogP contribution in [0.15, 0.2) is 0 Å². The summed E-state index contributed by atoms with van der Waals surface area (Å²) in [5, 5.41) is 12.8. The summed E-state index contributed by atoms with van der Waals surface area (Å²) in [4.78, 5) is 0. The molecule has 3 atom stereocenters. The van der Waals surface area contributed by atoms with Crippen molar-refractivity contribution in [3.63, 3.8) is 0 Å². The minimum absolute atomic E-state index is 0.0510. The summed E-state index contributed by atoms with van der Waals surface area (Å²) in [5.41, 5.74) is 5.80. The Balaban J connectivity index is 2.68. The molecule has 102 valence electrons. The Morgan fingerprint density at radius 1 is 1.41 bits per heavy atom. The Kier molecular flexibility index (Phi) is 4.95. The van der Waals surface area contributed by atoms with Crippen LogP contribution in [0.2, 0.25) is 0 Å². The fourth-order valence-corrected chi connectivity index (χ4v) is 2.62. The summed E-state index contributed by atoms with van der Waals surface area (Å²) >= 11 is 0. The van der Waals surface area contributed by atoms with E-state index in [1.807, 2.05) is 6.92 Å². The van der Waals surface area contributed by atoms with Gasteiger partial charge in [0.15, 0.2) is 0 Å². The highest BCUT2D eigenvalue weighted by molar-refractivity contribution is 4.99. The molecule has 0 aromatic rings. The second-order valence-corrected chi connectivity index (χ2v) is 6.11. The van der Waals surface area contributed by atoms with E-state index in [9.17, 15) is 5.11 Å². The zero-order chi connectivity index (χ0) is 13.1. The molecule has 0 aromatic heterocycles. The maximum Gasteiger partial charge on any atom is 0.0644 e. The van der Waals surface area contributed by atoms with E-state index in [0.29, 0.717) is 6.54 Å². The van der Waals surface area contributed by atoms with Crippen molar-refractivity contribution in [1.29, 1.82) is 0 Å². The molecule has 17 heavy (non-hydrogen) atoms. The molecule has 4 heteroatoms. The second-order valence-electron chi connectivity index (χ2n) is 6.11. The van der Waals surface area contributed by atoms with E-state index in [1.165, 1.54) is 0 Å².